The first-order chi connectivity index (χ1) is 9.93. The summed E-state index contributed by atoms with van der Waals surface area (Å²) in [5.41, 5.74) is 0.705. The van der Waals surface area contributed by atoms with E-state index < -0.39 is 11.7 Å². The lowest BCUT2D eigenvalue weighted by atomic mass is 10.1. The monoisotopic (exact) mass is 313 g/mol. The second kappa shape index (κ2) is 5.15. The predicted molar refractivity (Wildman–Crippen MR) is 74.6 cm³/mol. The fraction of sp³-hybridized carbons (Fsp3) is 0.200. The second-order valence-electron chi connectivity index (χ2n) is 4.77. The van der Waals surface area contributed by atoms with Gasteiger partial charge in [-0.2, -0.15) is 13.2 Å². The minimum Gasteiger partial charge on any atom is -0.473 e. The van der Waals surface area contributed by atoms with Crippen LogP contribution in [0.4, 0.5) is 18.9 Å². The molecule has 3 rings (SSSR count). The van der Waals surface area contributed by atoms with Crippen LogP contribution in [-0.2, 0) is 12.7 Å². The molecule has 1 heterocycles. The summed E-state index contributed by atoms with van der Waals surface area (Å²) in [5, 5.41) is 0.608. The molecule has 110 valence electrons. The van der Waals surface area contributed by atoms with Crippen LogP contribution in [0.5, 0.6) is 5.75 Å². The van der Waals surface area contributed by atoms with E-state index >= 15 is 0 Å². The van der Waals surface area contributed by atoms with E-state index in [4.69, 9.17) is 16.3 Å². The molecule has 0 spiro atoms. The van der Waals surface area contributed by atoms with Crippen molar-refractivity contribution in [2.75, 3.05) is 11.6 Å². The average Bonchev–Trinajstić information content (AvgIpc) is 2.46. The summed E-state index contributed by atoms with van der Waals surface area (Å²) in [6, 6.07) is 10.6. The highest BCUT2D eigenvalue weighted by Crippen LogP contribution is 2.35. The van der Waals surface area contributed by atoms with Crippen LogP contribution in [0.1, 0.15) is 11.1 Å². The fourth-order valence-corrected chi connectivity index (χ4v) is 2.36. The molecule has 2 aromatic carbocycles. The molecule has 0 saturated heterocycles. The Kier molecular flexibility index (Phi) is 3.45. The topological polar surface area (TPSA) is 12.5 Å². The minimum atomic E-state index is -4.35. The van der Waals surface area contributed by atoms with Gasteiger partial charge in [-0.3, -0.25) is 0 Å². The smallest absolute Gasteiger partial charge is 0.416 e. The standard InChI is InChI=1S/C15H11ClF3NO/c16-12-2-4-13(5-3-12)20-8-10-7-11(15(17,18)19)1-6-14(10)21-9-20/h1-7H,8-9H2. The van der Waals surface area contributed by atoms with Crippen LogP contribution >= 0.6 is 11.6 Å². The number of alkyl halides is 3. The van der Waals surface area contributed by atoms with E-state index in [1.807, 2.05) is 17.0 Å². The van der Waals surface area contributed by atoms with Gasteiger partial charge in [0.05, 0.1) is 5.56 Å². The van der Waals surface area contributed by atoms with Crippen LogP contribution in [0.2, 0.25) is 5.02 Å². The number of hydrogen-bond donors (Lipinski definition) is 0. The van der Waals surface area contributed by atoms with Gasteiger partial charge in [0.25, 0.3) is 0 Å². The van der Waals surface area contributed by atoms with Gasteiger partial charge in [-0.1, -0.05) is 11.6 Å². The molecule has 1 aliphatic rings. The van der Waals surface area contributed by atoms with E-state index in [-0.39, 0.29) is 0 Å². The summed E-state index contributed by atoms with van der Waals surface area (Å²) in [4.78, 5) is 1.85. The van der Waals surface area contributed by atoms with Crippen LogP contribution < -0.4 is 9.64 Å². The van der Waals surface area contributed by atoms with Crippen LogP contribution in [0, 0.1) is 0 Å². The first-order valence-corrected chi connectivity index (χ1v) is 6.65. The molecule has 0 atom stereocenters. The van der Waals surface area contributed by atoms with Crippen LogP contribution in [-0.4, -0.2) is 6.73 Å². The number of halogens is 4. The third-order valence-corrected chi connectivity index (χ3v) is 3.57. The van der Waals surface area contributed by atoms with Crippen LogP contribution in [0.15, 0.2) is 42.5 Å². The van der Waals surface area contributed by atoms with E-state index in [9.17, 15) is 13.2 Å². The number of ether oxygens (including phenoxy) is 1. The summed E-state index contributed by atoms with van der Waals surface area (Å²) in [7, 11) is 0. The van der Waals surface area contributed by atoms with Gasteiger partial charge in [0.15, 0.2) is 6.73 Å². The molecule has 0 aliphatic carbocycles. The number of fused-ring (bicyclic) bond motifs is 1. The first-order valence-electron chi connectivity index (χ1n) is 6.27. The maximum absolute atomic E-state index is 12.8. The summed E-state index contributed by atoms with van der Waals surface area (Å²) in [5.74, 6) is 0.494. The van der Waals surface area contributed by atoms with Crippen molar-refractivity contribution in [3.63, 3.8) is 0 Å². The molecule has 0 saturated carbocycles. The zero-order valence-electron chi connectivity index (χ0n) is 10.8. The molecule has 0 fully saturated rings. The van der Waals surface area contributed by atoms with E-state index in [1.54, 1.807) is 12.1 Å². The van der Waals surface area contributed by atoms with Crippen molar-refractivity contribution < 1.29 is 17.9 Å². The fourth-order valence-electron chi connectivity index (χ4n) is 2.24. The molecule has 0 bridgehead atoms. The summed E-state index contributed by atoms with van der Waals surface area (Å²) < 4.78 is 43.8. The molecular formula is C15H11ClF3NO. The highest BCUT2D eigenvalue weighted by molar-refractivity contribution is 6.30. The summed E-state index contributed by atoms with van der Waals surface area (Å²) in [6.45, 7) is 0.654. The third kappa shape index (κ3) is 2.93. The number of nitrogens with zero attached hydrogens (tertiary/aromatic N) is 1. The van der Waals surface area contributed by atoms with Crippen molar-refractivity contribution in [3.05, 3.63) is 58.6 Å². The summed E-state index contributed by atoms with van der Waals surface area (Å²) in [6.07, 6.45) is -4.35. The molecule has 0 radical (unpaired) electrons. The van der Waals surface area contributed by atoms with Gasteiger partial charge in [-0.25, -0.2) is 0 Å². The SMILES string of the molecule is FC(F)(F)c1ccc2c(c1)CN(c1ccc(Cl)cc1)CO2. The van der Waals surface area contributed by atoms with Gasteiger partial charge >= 0.3 is 6.18 Å². The summed E-state index contributed by atoms with van der Waals surface area (Å²) >= 11 is 5.83. The van der Waals surface area contributed by atoms with Crippen molar-refractivity contribution in [2.24, 2.45) is 0 Å². The van der Waals surface area contributed by atoms with Crippen LogP contribution in [0.25, 0.3) is 0 Å². The molecule has 2 nitrogen and oxygen atoms in total. The highest BCUT2D eigenvalue weighted by Gasteiger charge is 2.32. The maximum Gasteiger partial charge on any atom is 0.416 e. The first kappa shape index (κ1) is 14.1. The van der Waals surface area contributed by atoms with Crippen molar-refractivity contribution >= 4 is 17.3 Å². The quantitative estimate of drug-likeness (QED) is 0.755. The molecule has 0 N–H and O–H groups in total. The van der Waals surface area contributed by atoms with Gasteiger partial charge in [0.2, 0.25) is 0 Å². The number of rotatable bonds is 1. The number of hydrogen-bond acceptors (Lipinski definition) is 2. The Bertz CT molecular complexity index is 655. The Morgan fingerprint density at radius 2 is 1.76 bits per heavy atom. The molecule has 2 aromatic rings. The van der Waals surface area contributed by atoms with Crippen molar-refractivity contribution in [1.82, 2.24) is 0 Å². The third-order valence-electron chi connectivity index (χ3n) is 3.32. The Balaban J connectivity index is 1.88. The Hall–Kier alpha value is -1.88. The van der Waals surface area contributed by atoms with Gasteiger partial charge < -0.3 is 9.64 Å². The predicted octanol–water partition coefficient (Wildman–Crippen LogP) is 4.72. The van der Waals surface area contributed by atoms with Crippen LogP contribution in [0.3, 0.4) is 0 Å². The van der Waals surface area contributed by atoms with Crippen molar-refractivity contribution in [2.45, 2.75) is 12.7 Å². The van der Waals surface area contributed by atoms with E-state index in [2.05, 4.69) is 0 Å². The maximum atomic E-state index is 12.8. The molecule has 1 aliphatic heterocycles. The molecule has 0 aromatic heterocycles. The Labute approximate surface area is 124 Å². The number of anilines is 1. The molecule has 6 heteroatoms. The van der Waals surface area contributed by atoms with E-state index in [0.717, 1.165) is 17.8 Å². The zero-order valence-corrected chi connectivity index (χ0v) is 11.6. The molecule has 0 amide bonds. The van der Waals surface area contributed by atoms with E-state index in [1.165, 1.54) is 6.07 Å². The van der Waals surface area contributed by atoms with Gasteiger partial charge in [0.1, 0.15) is 5.75 Å². The van der Waals surface area contributed by atoms with Gasteiger partial charge in [-0.05, 0) is 42.5 Å². The second-order valence-corrected chi connectivity index (χ2v) is 5.20. The van der Waals surface area contributed by atoms with Crippen molar-refractivity contribution in [1.29, 1.82) is 0 Å². The van der Waals surface area contributed by atoms with Crippen molar-refractivity contribution in [3.8, 4) is 5.75 Å². The molecule has 0 unspecified atom stereocenters. The Morgan fingerprint density at radius 3 is 2.43 bits per heavy atom. The lowest BCUT2D eigenvalue weighted by Gasteiger charge is -2.31. The zero-order chi connectivity index (χ0) is 15.0. The normalized spacial score (nSPS) is 14.6. The number of benzene rings is 2. The Morgan fingerprint density at radius 1 is 1.05 bits per heavy atom. The van der Waals surface area contributed by atoms with Gasteiger partial charge in [-0.15, -0.1) is 0 Å². The lowest BCUT2D eigenvalue weighted by Crippen LogP contribution is -2.32. The highest BCUT2D eigenvalue weighted by atomic mass is 35.5. The largest absolute Gasteiger partial charge is 0.473 e. The minimum absolute atomic E-state index is 0.292. The average molecular weight is 314 g/mol. The van der Waals surface area contributed by atoms with E-state index in [0.29, 0.717) is 29.6 Å². The van der Waals surface area contributed by atoms with Gasteiger partial charge in [0, 0.05) is 22.8 Å². The lowest BCUT2D eigenvalue weighted by molar-refractivity contribution is -0.137. The molecular weight excluding hydrogens is 303 g/mol. The molecule has 21 heavy (non-hydrogen) atoms.